The van der Waals surface area contributed by atoms with Crippen LogP contribution in [0.3, 0.4) is 0 Å². The molecule has 0 aliphatic heterocycles. The van der Waals surface area contributed by atoms with E-state index in [4.69, 9.17) is 5.11 Å². The zero-order valence-corrected chi connectivity index (χ0v) is 14.0. The fourth-order valence-electron chi connectivity index (χ4n) is 2.29. The highest BCUT2D eigenvalue weighted by molar-refractivity contribution is 5.94. The van der Waals surface area contributed by atoms with Crippen LogP contribution >= 0.6 is 0 Å². The molecule has 0 unspecified atom stereocenters. The fraction of sp³-hybridized carbons (Fsp3) is 0.278. The van der Waals surface area contributed by atoms with E-state index < -0.39 is 5.97 Å². The summed E-state index contributed by atoms with van der Waals surface area (Å²) in [5, 5.41) is 15.1. The van der Waals surface area contributed by atoms with Gasteiger partial charge in [-0.3, -0.25) is 4.79 Å². The Balaban J connectivity index is 2.03. The highest BCUT2D eigenvalue weighted by Gasteiger charge is 2.13. The second-order valence-electron chi connectivity index (χ2n) is 5.82. The van der Waals surface area contributed by atoms with E-state index in [1.54, 1.807) is 6.92 Å². The van der Waals surface area contributed by atoms with Gasteiger partial charge in [-0.05, 0) is 50.6 Å². The van der Waals surface area contributed by atoms with Crippen molar-refractivity contribution in [3.63, 3.8) is 0 Å². The van der Waals surface area contributed by atoms with Gasteiger partial charge in [-0.25, -0.2) is 9.78 Å². The van der Waals surface area contributed by atoms with Crippen LogP contribution in [0, 0.1) is 6.92 Å². The minimum absolute atomic E-state index is 0.0963. The summed E-state index contributed by atoms with van der Waals surface area (Å²) in [5.41, 5.74) is 2.58. The number of nitrogens with zero attached hydrogens (tertiary/aromatic N) is 1. The molecule has 0 aliphatic carbocycles. The van der Waals surface area contributed by atoms with Gasteiger partial charge in [-0.2, -0.15) is 0 Å². The highest BCUT2D eigenvalue weighted by Crippen LogP contribution is 2.12. The van der Waals surface area contributed by atoms with Crippen LogP contribution < -0.4 is 10.6 Å². The zero-order chi connectivity index (χ0) is 17.7. The number of hydrogen-bond acceptors (Lipinski definition) is 4. The normalized spacial score (nSPS) is 10.5. The first-order chi connectivity index (χ1) is 11.4. The number of pyridine rings is 1. The Kier molecular flexibility index (Phi) is 5.52. The summed E-state index contributed by atoms with van der Waals surface area (Å²) >= 11 is 0. The zero-order valence-electron chi connectivity index (χ0n) is 14.0. The Bertz CT molecular complexity index is 757. The van der Waals surface area contributed by atoms with E-state index in [0.717, 1.165) is 11.3 Å². The first-order valence-electron chi connectivity index (χ1n) is 7.71. The molecule has 0 aliphatic rings. The summed E-state index contributed by atoms with van der Waals surface area (Å²) in [4.78, 5) is 27.2. The molecule has 0 radical (unpaired) electrons. The van der Waals surface area contributed by atoms with Crippen molar-refractivity contribution in [3.05, 3.63) is 58.9 Å². The van der Waals surface area contributed by atoms with Crippen LogP contribution in [0.25, 0.3) is 0 Å². The first-order valence-corrected chi connectivity index (χ1v) is 7.71. The van der Waals surface area contributed by atoms with Crippen molar-refractivity contribution in [2.75, 3.05) is 5.32 Å². The number of hydrogen-bond donors (Lipinski definition) is 3. The molecule has 0 fully saturated rings. The predicted octanol–water partition coefficient (Wildman–Crippen LogP) is 2.84. The van der Waals surface area contributed by atoms with Crippen LogP contribution in [-0.2, 0) is 6.54 Å². The van der Waals surface area contributed by atoms with Gasteiger partial charge in [0.25, 0.3) is 5.91 Å². The number of carbonyl (C=O) groups excluding carboxylic acids is 1. The van der Waals surface area contributed by atoms with Gasteiger partial charge in [-0.15, -0.1) is 0 Å². The number of anilines is 1. The third kappa shape index (κ3) is 4.55. The van der Waals surface area contributed by atoms with Crippen molar-refractivity contribution in [3.8, 4) is 0 Å². The van der Waals surface area contributed by atoms with Gasteiger partial charge < -0.3 is 15.7 Å². The van der Waals surface area contributed by atoms with Gasteiger partial charge in [0.05, 0.1) is 11.3 Å². The van der Waals surface area contributed by atoms with Crippen molar-refractivity contribution >= 4 is 17.6 Å². The van der Waals surface area contributed by atoms with Gasteiger partial charge in [0.1, 0.15) is 5.69 Å². The van der Waals surface area contributed by atoms with Crippen LogP contribution in [-0.4, -0.2) is 28.0 Å². The SMILES string of the molecule is Cc1nc(C(=O)NCc2cccc(NC(C)C)c2)ccc1C(=O)O. The predicted molar refractivity (Wildman–Crippen MR) is 92.3 cm³/mol. The lowest BCUT2D eigenvalue weighted by Gasteiger charge is -2.12. The lowest BCUT2D eigenvalue weighted by Crippen LogP contribution is -2.24. The summed E-state index contributed by atoms with van der Waals surface area (Å²) in [6.07, 6.45) is 0. The Morgan fingerprint density at radius 1 is 1.21 bits per heavy atom. The van der Waals surface area contributed by atoms with Crippen molar-refractivity contribution in [2.24, 2.45) is 0 Å². The molecule has 24 heavy (non-hydrogen) atoms. The number of aromatic nitrogens is 1. The topological polar surface area (TPSA) is 91.3 Å². The number of carboxylic acids is 1. The van der Waals surface area contributed by atoms with Crippen molar-refractivity contribution in [1.82, 2.24) is 10.3 Å². The second-order valence-corrected chi connectivity index (χ2v) is 5.82. The maximum Gasteiger partial charge on any atom is 0.337 e. The van der Waals surface area contributed by atoms with Crippen molar-refractivity contribution in [2.45, 2.75) is 33.4 Å². The maximum absolute atomic E-state index is 12.2. The standard InChI is InChI=1S/C18H21N3O3/c1-11(2)20-14-6-4-5-13(9-14)10-19-17(22)16-8-7-15(18(23)24)12(3)21-16/h4-9,11,20H,10H2,1-3H3,(H,19,22)(H,23,24). The lowest BCUT2D eigenvalue weighted by atomic mass is 10.1. The molecule has 2 aromatic rings. The molecule has 2 rings (SSSR count). The number of carboxylic acid groups (broad SMARTS) is 1. The summed E-state index contributed by atoms with van der Waals surface area (Å²) < 4.78 is 0. The molecule has 0 saturated heterocycles. The van der Waals surface area contributed by atoms with Gasteiger partial charge in [0.2, 0.25) is 0 Å². The molecular formula is C18H21N3O3. The average molecular weight is 327 g/mol. The number of amides is 1. The van der Waals surface area contributed by atoms with Crippen molar-refractivity contribution in [1.29, 1.82) is 0 Å². The number of aryl methyl sites for hydroxylation is 1. The molecule has 0 saturated carbocycles. The molecular weight excluding hydrogens is 306 g/mol. The number of rotatable bonds is 6. The lowest BCUT2D eigenvalue weighted by molar-refractivity contribution is 0.0694. The van der Waals surface area contributed by atoms with Crippen LogP contribution in [0.2, 0.25) is 0 Å². The Hall–Kier alpha value is -2.89. The maximum atomic E-state index is 12.2. The number of nitrogens with one attached hydrogen (secondary N) is 2. The monoisotopic (exact) mass is 327 g/mol. The first kappa shape index (κ1) is 17.5. The molecule has 6 heteroatoms. The quantitative estimate of drug-likeness (QED) is 0.759. The molecule has 0 spiro atoms. The Labute approximate surface area is 140 Å². The summed E-state index contributed by atoms with van der Waals surface area (Å²) in [6, 6.07) is 11.0. The molecule has 126 valence electrons. The van der Waals surface area contributed by atoms with Gasteiger partial charge in [0.15, 0.2) is 0 Å². The molecule has 1 aromatic carbocycles. The van der Waals surface area contributed by atoms with Gasteiger partial charge >= 0.3 is 5.97 Å². The van der Waals surface area contributed by atoms with Gasteiger partial charge in [-0.1, -0.05) is 12.1 Å². The number of aromatic carboxylic acids is 1. The summed E-state index contributed by atoms with van der Waals surface area (Å²) in [5.74, 6) is -1.39. The average Bonchev–Trinajstić information content (AvgIpc) is 2.51. The van der Waals surface area contributed by atoms with E-state index in [1.165, 1.54) is 12.1 Å². The van der Waals surface area contributed by atoms with E-state index in [-0.39, 0.29) is 17.2 Å². The highest BCUT2D eigenvalue weighted by atomic mass is 16.4. The largest absolute Gasteiger partial charge is 0.478 e. The molecule has 1 aromatic heterocycles. The van der Waals surface area contributed by atoms with Crippen LogP contribution in [0.1, 0.15) is 46.0 Å². The molecule has 0 bridgehead atoms. The van der Waals surface area contributed by atoms with E-state index >= 15 is 0 Å². The molecule has 0 atom stereocenters. The second kappa shape index (κ2) is 7.59. The van der Waals surface area contributed by atoms with Crippen LogP contribution in [0.15, 0.2) is 36.4 Å². The van der Waals surface area contributed by atoms with E-state index in [9.17, 15) is 9.59 Å². The van der Waals surface area contributed by atoms with Gasteiger partial charge in [0, 0.05) is 18.3 Å². The third-order valence-electron chi connectivity index (χ3n) is 3.38. The molecule has 6 nitrogen and oxygen atoms in total. The Morgan fingerprint density at radius 2 is 1.96 bits per heavy atom. The van der Waals surface area contributed by atoms with Crippen molar-refractivity contribution < 1.29 is 14.7 Å². The third-order valence-corrected chi connectivity index (χ3v) is 3.38. The van der Waals surface area contributed by atoms with E-state index in [2.05, 4.69) is 29.5 Å². The summed E-state index contributed by atoms with van der Waals surface area (Å²) in [6.45, 7) is 6.06. The van der Waals surface area contributed by atoms with E-state index in [1.807, 2.05) is 24.3 Å². The van der Waals surface area contributed by atoms with E-state index in [0.29, 0.717) is 18.3 Å². The minimum Gasteiger partial charge on any atom is -0.478 e. The molecule has 1 heterocycles. The fourth-order valence-corrected chi connectivity index (χ4v) is 2.29. The number of benzene rings is 1. The smallest absolute Gasteiger partial charge is 0.337 e. The van der Waals surface area contributed by atoms with Crippen LogP contribution in [0.4, 0.5) is 5.69 Å². The molecule has 3 N–H and O–H groups in total. The van der Waals surface area contributed by atoms with Crippen LogP contribution in [0.5, 0.6) is 0 Å². The Morgan fingerprint density at radius 3 is 2.58 bits per heavy atom. The molecule has 1 amide bonds. The summed E-state index contributed by atoms with van der Waals surface area (Å²) in [7, 11) is 0. The minimum atomic E-state index is -1.05. The number of carbonyl (C=O) groups is 2.